The molecule has 1 aliphatic carbocycles. The lowest BCUT2D eigenvalue weighted by molar-refractivity contribution is -0.251. The lowest BCUT2D eigenvalue weighted by atomic mass is 9.44. The Morgan fingerprint density at radius 2 is 1.79 bits per heavy atom. The minimum Gasteiger partial charge on any atom is -0.494 e. The van der Waals surface area contributed by atoms with Gasteiger partial charge in [0.2, 0.25) is 5.78 Å². The van der Waals surface area contributed by atoms with Gasteiger partial charge in [-0.1, -0.05) is 54.1 Å². The first kappa shape index (κ1) is 21.4. The summed E-state index contributed by atoms with van der Waals surface area (Å²) < 4.78 is 16.8. The van der Waals surface area contributed by atoms with Gasteiger partial charge in [-0.15, -0.1) is 0 Å². The quantitative estimate of drug-likeness (QED) is 0.589. The Morgan fingerprint density at radius 1 is 1.09 bits per heavy atom. The number of fused-ring (bicyclic) bond motifs is 2. The number of carbonyl (C=O) groups is 2. The molecule has 2 aliphatic rings. The topological polar surface area (TPSA) is 95.0 Å². The van der Waals surface area contributed by atoms with Gasteiger partial charge in [-0.05, 0) is 23.3 Å². The van der Waals surface area contributed by atoms with Gasteiger partial charge in [0, 0.05) is 10.9 Å². The standard InChI is InChI=1S/C25H20ClNO6/c1-31-17-12-27-13-18-19(17)22(28)24(30)21(23(29)32-2)20(14-6-4-3-5-7-14)25(24,33-18)15-8-10-16(26)11-9-15/h3-13,20-21,30H,1-2H3/t20?,21-,24?,25?/m0/s1. The molecule has 1 fully saturated rings. The predicted octanol–water partition coefficient (Wildman–Crippen LogP) is 3.53. The number of halogens is 1. The first-order valence-corrected chi connectivity index (χ1v) is 10.6. The highest BCUT2D eigenvalue weighted by atomic mass is 35.5. The van der Waals surface area contributed by atoms with Gasteiger partial charge < -0.3 is 19.3 Å². The average molecular weight is 466 g/mol. The van der Waals surface area contributed by atoms with Gasteiger partial charge >= 0.3 is 5.97 Å². The number of aromatic nitrogens is 1. The number of aliphatic hydroxyl groups is 1. The summed E-state index contributed by atoms with van der Waals surface area (Å²) in [4.78, 5) is 31.1. The molecule has 5 rings (SSSR count). The average Bonchev–Trinajstić information content (AvgIpc) is 2.84. The van der Waals surface area contributed by atoms with Crippen LogP contribution in [-0.4, -0.2) is 41.7 Å². The Morgan fingerprint density at radius 3 is 2.42 bits per heavy atom. The fourth-order valence-electron chi connectivity index (χ4n) is 5.22. The van der Waals surface area contributed by atoms with Crippen molar-refractivity contribution in [3.63, 3.8) is 0 Å². The lowest BCUT2D eigenvalue weighted by Crippen LogP contribution is -2.80. The molecule has 168 valence electrons. The van der Waals surface area contributed by atoms with Crippen LogP contribution in [0.1, 0.15) is 27.4 Å². The van der Waals surface area contributed by atoms with Crippen molar-refractivity contribution >= 4 is 23.4 Å². The molecule has 2 heterocycles. The van der Waals surface area contributed by atoms with Gasteiger partial charge in [-0.2, -0.15) is 0 Å². The fraction of sp³-hybridized carbons (Fsp3) is 0.240. The molecular formula is C25H20ClNO6. The normalized spacial score (nSPS) is 27.5. The highest BCUT2D eigenvalue weighted by Crippen LogP contribution is 2.68. The van der Waals surface area contributed by atoms with Crippen molar-refractivity contribution in [2.24, 2.45) is 5.92 Å². The van der Waals surface area contributed by atoms with E-state index in [4.69, 9.17) is 25.8 Å². The minimum absolute atomic E-state index is 0.0278. The highest BCUT2D eigenvalue weighted by molar-refractivity contribution is 6.30. The number of nitrogens with zero attached hydrogens (tertiary/aromatic N) is 1. The maximum Gasteiger partial charge on any atom is 0.313 e. The van der Waals surface area contributed by atoms with Crippen LogP contribution in [0.2, 0.25) is 5.02 Å². The third kappa shape index (κ3) is 2.69. The second kappa shape index (κ2) is 7.57. The van der Waals surface area contributed by atoms with Crippen LogP contribution in [0.5, 0.6) is 11.5 Å². The number of hydrogen-bond acceptors (Lipinski definition) is 7. The van der Waals surface area contributed by atoms with Crippen molar-refractivity contribution in [1.29, 1.82) is 0 Å². The van der Waals surface area contributed by atoms with Gasteiger partial charge in [0.15, 0.2) is 22.7 Å². The SMILES string of the molecule is COC(=O)[C@@H]1C(c2ccccc2)C2(c3ccc(Cl)cc3)Oc3cncc(OC)c3C(=O)C12O. The van der Waals surface area contributed by atoms with E-state index in [0.717, 1.165) is 0 Å². The number of rotatable bonds is 4. The second-order valence-electron chi connectivity index (χ2n) is 8.04. The first-order chi connectivity index (χ1) is 15.9. The molecule has 3 unspecified atom stereocenters. The number of hydrogen-bond donors (Lipinski definition) is 1. The molecule has 7 nitrogen and oxygen atoms in total. The molecule has 33 heavy (non-hydrogen) atoms. The Kier molecular flexibility index (Phi) is 4.92. The first-order valence-electron chi connectivity index (χ1n) is 10.3. The molecule has 4 atom stereocenters. The van der Waals surface area contributed by atoms with Crippen LogP contribution >= 0.6 is 11.6 Å². The molecule has 2 aromatic carbocycles. The zero-order valence-electron chi connectivity index (χ0n) is 17.8. The number of Topliss-reactive ketones (excluding diaryl/α,β-unsaturated/α-hetero) is 1. The van der Waals surface area contributed by atoms with Gasteiger partial charge in [0.1, 0.15) is 11.5 Å². The Balaban J connectivity index is 1.84. The van der Waals surface area contributed by atoms with Gasteiger partial charge in [0.05, 0.1) is 26.6 Å². The van der Waals surface area contributed by atoms with Crippen molar-refractivity contribution in [3.8, 4) is 11.5 Å². The molecule has 0 saturated heterocycles. The van der Waals surface area contributed by atoms with E-state index in [1.54, 1.807) is 24.3 Å². The molecule has 1 saturated carbocycles. The van der Waals surface area contributed by atoms with Crippen molar-refractivity contribution in [2.45, 2.75) is 17.1 Å². The molecule has 0 radical (unpaired) electrons. The van der Waals surface area contributed by atoms with Gasteiger partial charge in [-0.25, -0.2) is 0 Å². The summed E-state index contributed by atoms with van der Waals surface area (Å²) in [5.41, 5.74) is -2.67. The molecule has 0 spiro atoms. The van der Waals surface area contributed by atoms with Crippen LogP contribution in [-0.2, 0) is 15.1 Å². The molecule has 1 aliphatic heterocycles. The number of ketones is 1. The summed E-state index contributed by atoms with van der Waals surface area (Å²) >= 11 is 6.12. The van der Waals surface area contributed by atoms with E-state index in [2.05, 4.69) is 4.98 Å². The van der Waals surface area contributed by atoms with E-state index in [0.29, 0.717) is 16.1 Å². The molecule has 0 amide bonds. The predicted molar refractivity (Wildman–Crippen MR) is 119 cm³/mol. The Bertz CT molecular complexity index is 1250. The third-order valence-electron chi connectivity index (χ3n) is 6.61. The molecule has 1 N–H and O–H groups in total. The molecule has 8 heteroatoms. The highest BCUT2D eigenvalue weighted by Gasteiger charge is 2.82. The summed E-state index contributed by atoms with van der Waals surface area (Å²) in [6.07, 6.45) is 2.76. The zero-order chi connectivity index (χ0) is 23.4. The summed E-state index contributed by atoms with van der Waals surface area (Å²) in [5.74, 6) is -3.07. The number of benzene rings is 2. The van der Waals surface area contributed by atoms with E-state index >= 15 is 0 Å². The van der Waals surface area contributed by atoms with E-state index in [-0.39, 0.29) is 17.1 Å². The molecular weight excluding hydrogens is 446 g/mol. The van der Waals surface area contributed by atoms with Crippen molar-refractivity contribution in [1.82, 2.24) is 4.98 Å². The van der Waals surface area contributed by atoms with Crippen LogP contribution < -0.4 is 9.47 Å². The van der Waals surface area contributed by atoms with Crippen LogP contribution in [0.3, 0.4) is 0 Å². The maximum absolute atomic E-state index is 14.0. The van der Waals surface area contributed by atoms with E-state index in [1.165, 1.54) is 26.6 Å². The Hall–Kier alpha value is -3.42. The number of methoxy groups -OCH3 is 2. The van der Waals surface area contributed by atoms with Crippen LogP contribution in [0.25, 0.3) is 0 Å². The number of pyridine rings is 1. The summed E-state index contributed by atoms with van der Waals surface area (Å²) in [5, 5.41) is 12.6. The van der Waals surface area contributed by atoms with Crippen LogP contribution in [0.4, 0.5) is 0 Å². The van der Waals surface area contributed by atoms with Crippen molar-refractivity contribution in [2.75, 3.05) is 14.2 Å². The molecule has 3 aromatic rings. The smallest absolute Gasteiger partial charge is 0.313 e. The third-order valence-corrected chi connectivity index (χ3v) is 6.87. The number of esters is 1. The summed E-state index contributed by atoms with van der Waals surface area (Å²) in [7, 11) is 2.61. The fourth-order valence-corrected chi connectivity index (χ4v) is 5.35. The van der Waals surface area contributed by atoms with E-state index < -0.39 is 34.8 Å². The van der Waals surface area contributed by atoms with Gasteiger partial charge in [-0.3, -0.25) is 14.6 Å². The van der Waals surface area contributed by atoms with Crippen LogP contribution in [0.15, 0.2) is 67.0 Å². The van der Waals surface area contributed by atoms with E-state index in [9.17, 15) is 14.7 Å². The monoisotopic (exact) mass is 465 g/mol. The van der Waals surface area contributed by atoms with Gasteiger partial charge in [0.25, 0.3) is 0 Å². The maximum atomic E-state index is 14.0. The van der Waals surface area contributed by atoms with Crippen molar-refractivity contribution < 1.29 is 28.9 Å². The van der Waals surface area contributed by atoms with Crippen molar-refractivity contribution in [3.05, 3.63) is 88.7 Å². The molecule has 1 aromatic heterocycles. The largest absolute Gasteiger partial charge is 0.494 e. The number of ether oxygens (including phenoxy) is 3. The summed E-state index contributed by atoms with van der Waals surface area (Å²) in [6, 6.07) is 15.8. The summed E-state index contributed by atoms with van der Waals surface area (Å²) in [6.45, 7) is 0. The van der Waals surface area contributed by atoms with E-state index in [1.807, 2.05) is 30.3 Å². The Labute approximate surface area is 194 Å². The number of carbonyl (C=O) groups excluding carboxylic acids is 2. The minimum atomic E-state index is -2.27. The lowest BCUT2D eigenvalue weighted by Gasteiger charge is -2.65. The second-order valence-corrected chi connectivity index (χ2v) is 8.48. The zero-order valence-corrected chi connectivity index (χ0v) is 18.6. The van der Waals surface area contributed by atoms with Crippen LogP contribution in [0, 0.1) is 5.92 Å². The molecule has 0 bridgehead atoms.